The van der Waals surface area contributed by atoms with Crippen LogP contribution < -0.4 is 0 Å². The van der Waals surface area contributed by atoms with Crippen LogP contribution in [0.15, 0.2) is 46.4 Å². The molecule has 0 spiro atoms. The number of hydrogen-bond donors (Lipinski definition) is 0. The van der Waals surface area contributed by atoms with Crippen LogP contribution in [0.25, 0.3) is 0 Å². The average Bonchev–Trinajstić information content (AvgIpc) is 2.92. The van der Waals surface area contributed by atoms with Crippen LogP contribution in [0.3, 0.4) is 0 Å². The number of sulfone groups is 1. The van der Waals surface area contributed by atoms with Crippen molar-refractivity contribution in [2.75, 3.05) is 14.2 Å². The highest BCUT2D eigenvalue weighted by molar-refractivity contribution is 7.94. The molecule has 0 aliphatic carbocycles. The summed E-state index contributed by atoms with van der Waals surface area (Å²) in [4.78, 5) is 0.176. The summed E-state index contributed by atoms with van der Waals surface area (Å²) in [6.45, 7) is 43.5. The molecule has 0 fully saturated rings. The van der Waals surface area contributed by atoms with E-state index in [9.17, 15) is 8.42 Å². The average molecular weight is 805 g/mol. The molecule has 3 atom stereocenters. The predicted octanol–water partition coefficient (Wildman–Crippen LogP) is 11.1. The molecule has 0 saturated carbocycles. The Hall–Kier alpha value is -0.622. The Morgan fingerprint density at radius 3 is 1.27 bits per heavy atom. The van der Waals surface area contributed by atoms with Crippen molar-refractivity contribution in [2.24, 2.45) is 0 Å². The third-order valence-electron chi connectivity index (χ3n) is 11.9. The van der Waals surface area contributed by atoms with Crippen molar-refractivity contribution in [1.82, 2.24) is 0 Å². The monoisotopic (exact) mass is 804 g/mol. The van der Waals surface area contributed by atoms with Crippen LogP contribution in [0.5, 0.6) is 0 Å². The van der Waals surface area contributed by atoms with Crippen LogP contribution in [0, 0.1) is 0 Å². The molecule has 0 unspecified atom stereocenters. The maximum absolute atomic E-state index is 14.4. The van der Waals surface area contributed by atoms with Crippen molar-refractivity contribution in [2.45, 2.75) is 185 Å². The van der Waals surface area contributed by atoms with Crippen LogP contribution >= 0.6 is 0 Å². The molecular formula is C38H76O8SSi4. The van der Waals surface area contributed by atoms with E-state index < -0.39 is 67.7 Å². The van der Waals surface area contributed by atoms with E-state index in [4.69, 9.17) is 27.2 Å². The maximum atomic E-state index is 14.4. The van der Waals surface area contributed by atoms with Crippen LogP contribution in [-0.2, 0) is 37.0 Å². The molecule has 0 bridgehead atoms. The van der Waals surface area contributed by atoms with Gasteiger partial charge in [-0.1, -0.05) is 101 Å². The topological polar surface area (TPSA) is 89.5 Å². The van der Waals surface area contributed by atoms with E-state index in [0.717, 1.165) is 0 Å². The Bertz CT molecular complexity index is 1390. The molecule has 1 aromatic rings. The lowest BCUT2D eigenvalue weighted by atomic mass is 10.1. The van der Waals surface area contributed by atoms with Gasteiger partial charge in [0.05, 0.1) is 10.3 Å². The minimum absolute atomic E-state index is 0.165. The highest BCUT2D eigenvalue weighted by Crippen LogP contribution is 2.46. The molecule has 0 heterocycles. The summed E-state index contributed by atoms with van der Waals surface area (Å²) in [5, 5.41) is 0.440. The van der Waals surface area contributed by atoms with Crippen LogP contribution in [0.2, 0.25) is 72.5 Å². The van der Waals surface area contributed by atoms with Gasteiger partial charge in [0.15, 0.2) is 31.2 Å². The molecule has 0 aromatic heterocycles. The van der Waals surface area contributed by atoms with Gasteiger partial charge in [0.25, 0.3) is 0 Å². The fourth-order valence-corrected chi connectivity index (χ4v) is 10.3. The van der Waals surface area contributed by atoms with Crippen LogP contribution in [0.1, 0.15) is 83.1 Å². The van der Waals surface area contributed by atoms with Crippen molar-refractivity contribution >= 4 is 43.1 Å². The molecule has 8 nitrogen and oxygen atoms in total. The zero-order valence-corrected chi connectivity index (χ0v) is 41.3. The Morgan fingerprint density at radius 2 is 0.922 bits per heavy atom. The van der Waals surface area contributed by atoms with Crippen molar-refractivity contribution < 1.29 is 35.6 Å². The Morgan fingerprint density at radius 1 is 0.569 bits per heavy atom. The smallest absolute Gasteiger partial charge is 0.250 e. The van der Waals surface area contributed by atoms with E-state index in [1.165, 1.54) is 5.41 Å². The van der Waals surface area contributed by atoms with Crippen LogP contribution in [-0.4, -0.2) is 80.5 Å². The summed E-state index contributed by atoms with van der Waals surface area (Å²) in [6.07, 6.45) is -3.48. The lowest BCUT2D eigenvalue weighted by molar-refractivity contribution is -0.193. The zero-order valence-electron chi connectivity index (χ0n) is 36.4. The van der Waals surface area contributed by atoms with Gasteiger partial charge in [-0.3, -0.25) is 0 Å². The first-order valence-corrected chi connectivity index (χ1v) is 31.5. The van der Waals surface area contributed by atoms with E-state index in [-0.39, 0.29) is 30.8 Å². The Labute approximate surface area is 318 Å². The molecule has 0 saturated heterocycles. The number of rotatable bonds is 16. The van der Waals surface area contributed by atoms with Gasteiger partial charge < -0.3 is 27.2 Å². The van der Waals surface area contributed by atoms with Gasteiger partial charge in [0, 0.05) is 14.2 Å². The molecule has 0 radical (unpaired) electrons. The van der Waals surface area contributed by atoms with Gasteiger partial charge in [-0.05, 0) is 84.7 Å². The molecule has 1 aromatic carbocycles. The number of methoxy groups -OCH3 is 2. The molecule has 51 heavy (non-hydrogen) atoms. The van der Waals surface area contributed by atoms with Gasteiger partial charge in [0.1, 0.15) is 24.1 Å². The lowest BCUT2D eigenvalue weighted by Crippen LogP contribution is -2.62. The van der Waals surface area contributed by atoms with Gasteiger partial charge >= 0.3 is 0 Å². The van der Waals surface area contributed by atoms with Crippen LogP contribution in [0.4, 0.5) is 0 Å². The van der Waals surface area contributed by atoms with Gasteiger partial charge in [-0.25, -0.2) is 8.42 Å². The van der Waals surface area contributed by atoms with Crippen molar-refractivity contribution in [3.8, 4) is 0 Å². The van der Waals surface area contributed by atoms with E-state index in [0.29, 0.717) is 0 Å². The van der Waals surface area contributed by atoms with E-state index in [2.05, 4.69) is 135 Å². The zero-order chi connectivity index (χ0) is 40.4. The van der Waals surface area contributed by atoms with Crippen molar-refractivity contribution in [3.63, 3.8) is 0 Å². The highest BCUT2D eigenvalue weighted by Gasteiger charge is 2.54. The summed E-state index contributed by atoms with van der Waals surface area (Å²) in [5.74, 6) is 0.230. The summed E-state index contributed by atoms with van der Waals surface area (Å²) >= 11 is 0. The van der Waals surface area contributed by atoms with Crippen molar-refractivity contribution in [1.29, 1.82) is 0 Å². The molecule has 0 amide bonds. The molecule has 0 N–H and O–H groups in total. The van der Waals surface area contributed by atoms with E-state index in [1.54, 1.807) is 44.6 Å². The molecule has 0 aliphatic heterocycles. The number of ether oxygens (including phenoxy) is 2. The van der Waals surface area contributed by atoms with Gasteiger partial charge in [-0.15, -0.1) is 0 Å². The molecule has 1 rings (SSSR count). The van der Waals surface area contributed by atoms with Gasteiger partial charge in [-0.2, -0.15) is 0 Å². The number of benzene rings is 1. The fourth-order valence-electron chi connectivity index (χ4n) is 4.19. The second-order valence-electron chi connectivity index (χ2n) is 20.1. The molecule has 298 valence electrons. The minimum Gasteiger partial charge on any atom is -0.544 e. The predicted molar refractivity (Wildman–Crippen MR) is 224 cm³/mol. The minimum atomic E-state index is -4.00. The normalized spacial score (nSPS) is 17.0. The maximum Gasteiger partial charge on any atom is 0.250 e. The van der Waals surface area contributed by atoms with Crippen molar-refractivity contribution in [3.05, 3.63) is 41.5 Å². The quantitative estimate of drug-likeness (QED) is 0.0927. The summed E-state index contributed by atoms with van der Waals surface area (Å²) in [7, 11) is -11.3. The fraction of sp³-hybridized carbons (Fsp3) is 0.789. The summed E-state index contributed by atoms with van der Waals surface area (Å²) < 4.78 is 70.4. The molecular weight excluding hydrogens is 729 g/mol. The van der Waals surface area contributed by atoms with Gasteiger partial charge in [0.2, 0.25) is 18.2 Å². The Balaban J connectivity index is 4.61. The second-order valence-corrected chi connectivity index (χ2v) is 40.9. The summed E-state index contributed by atoms with van der Waals surface area (Å²) in [6, 6.07) is 8.48. The largest absolute Gasteiger partial charge is 0.544 e. The SMILES string of the molecule is COC(OC)[C@H](O[Si](C)(C)C(C)(C)C)[C@H](O[Si](C)(C)C(C)(C)C)[C@@H](O[Si](C)(C)C(C)(C)C)/C(=C\S(=O)(=O)c1ccccc1)O[Si](C)(C)C(C)(C)C. The van der Waals surface area contributed by atoms with E-state index in [1.807, 2.05) is 0 Å². The lowest BCUT2D eigenvalue weighted by Gasteiger charge is -2.51. The first-order chi connectivity index (χ1) is 22.5. The third kappa shape index (κ3) is 12.4. The third-order valence-corrected chi connectivity index (χ3v) is 31.1. The first-order valence-electron chi connectivity index (χ1n) is 18.3. The second kappa shape index (κ2) is 16.6. The standard InChI is InChI=1S/C38H76O8SSi4/c1-35(2,3)48(15,16)43-30(28-47(39,40)29-26-24-23-25-27-29)31(44-49(17,18)36(4,5)6)32(45-50(19,20)37(7,8)9)33(34(41-13)42-14)46-51(21,22)38(10,11)12/h23-28,31-34H,1-22H3/b30-28+/t31-,32+,33+/m0/s1. The Kier molecular flexibility index (Phi) is 15.8. The molecule has 0 aliphatic rings. The number of hydrogen-bond acceptors (Lipinski definition) is 8. The first kappa shape index (κ1) is 48.4. The molecule has 13 heteroatoms. The highest BCUT2D eigenvalue weighted by atomic mass is 32.2. The van der Waals surface area contributed by atoms with E-state index >= 15 is 0 Å². The summed E-state index contributed by atoms with van der Waals surface area (Å²) in [5.41, 5.74) is 0.